The molecule has 98 valence electrons. The van der Waals surface area contributed by atoms with Crippen LogP contribution in [0.25, 0.3) is 11.1 Å². The Morgan fingerprint density at radius 2 is 1.68 bits per heavy atom. The molecular weight excluding hydrogens is 261 g/mol. The summed E-state index contributed by atoms with van der Waals surface area (Å²) in [6.07, 6.45) is 1.11. The van der Waals surface area contributed by atoms with Gasteiger partial charge in [-0.25, -0.2) is 4.39 Å². The molecule has 1 saturated carbocycles. The summed E-state index contributed by atoms with van der Waals surface area (Å²) < 4.78 is 12.9. The topological polar surface area (TPSA) is 26.0 Å². The molecule has 0 heterocycles. The maximum absolute atomic E-state index is 12.9. The van der Waals surface area contributed by atoms with E-state index in [1.54, 1.807) is 0 Å². The molecule has 2 aromatic rings. The number of fused-ring (bicyclic) bond motifs is 3. The summed E-state index contributed by atoms with van der Waals surface area (Å²) in [6, 6.07) is 13.6. The van der Waals surface area contributed by atoms with Gasteiger partial charge in [-0.05, 0) is 46.7 Å². The minimum Gasteiger partial charge on any atom is -0.327 e. The number of benzene rings is 2. The van der Waals surface area contributed by atoms with E-state index in [2.05, 4.69) is 18.2 Å². The van der Waals surface area contributed by atoms with E-state index in [1.807, 2.05) is 12.1 Å². The molecule has 0 aromatic heterocycles. The minimum atomic E-state index is -0.188. The first kappa shape index (κ1) is 12.6. The predicted molar refractivity (Wildman–Crippen MR) is 77.0 cm³/mol. The normalized spacial score (nSPS) is 26.3. The standard InChI is InChI=1S/C16H14FN.ClH/c17-12-4-1-9(2-5-12)10-3-6-13-11(7-10)8-14-15(13)16(14)18;/h1-7,14-16H,8,18H2;1H/t14-,15+,16+;/m0./s1. The van der Waals surface area contributed by atoms with E-state index in [-0.39, 0.29) is 18.2 Å². The van der Waals surface area contributed by atoms with Gasteiger partial charge in [0.25, 0.3) is 0 Å². The smallest absolute Gasteiger partial charge is 0.123 e. The van der Waals surface area contributed by atoms with E-state index in [0.717, 1.165) is 12.0 Å². The van der Waals surface area contributed by atoms with Crippen molar-refractivity contribution < 1.29 is 4.39 Å². The summed E-state index contributed by atoms with van der Waals surface area (Å²) in [7, 11) is 0. The highest BCUT2D eigenvalue weighted by atomic mass is 35.5. The fourth-order valence-electron chi connectivity index (χ4n) is 3.29. The second-order valence-electron chi connectivity index (χ2n) is 5.39. The number of hydrogen-bond acceptors (Lipinski definition) is 1. The van der Waals surface area contributed by atoms with Gasteiger partial charge < -0.3 is 5.73 Å². The van der Waals surface area contributed by atoms with Crippen molar-refractivity contribution in [1.29, 1.82) is 0 Å². The van der Waals surface area contributed by atoms with Crippen LogP contribution in [0.15, 0.2) is 42.5 Å². The summed E-state index contributed by atoms with van der Waals surface area (Å²) in [5, 5.41) is 0. The Kier molecular flexibility index (Phi) is 2.88. The molecule has 1 nitrogen and oxygen atoms in total. The van der Waals surface area contributed by atoms with Crippen LogP contribution in [0.2, 0.25) is 0 Å². The highest BCUT2D eigenvalue weighted by Crippen LogP contribution is 2.55. The lowest BCUT2D eigenvalue weighted by molar-refractivity contribution is 0.628. The second kappa shape index (κ2) is 4.32. The van der Waals surface area contributed by atoms with Crippen molar-refractivity contribution in [3.05, 3.63) is 59.4 Å². The zero-order valence-corrected chi connectivity index (χ0v) is 11.2. The van der Waals surface area contributed by atoms with Crippen LogP contribution in [-0.4, -0.2) is 6.04 Å². The average molecular weight is 276 g/mol. The molecular formula is C16H15ClFN. The molecule has 2 aromatic carbocycles. The maximum Gasteiger partial charge on any atom is 0.123 e. The molecule has 19 heavy (non-hydrogen) atoms. The second-order valence-corrected chi connectivity index (χ2v) is 5.39. The van der Waals surface area contributed by atoms with Crippen LogP contribution < -0.4 is 5.73 Å². The van der Waals surface area contributed by atoms with Crippen LogP contribution in [0.5, 0.6) is 0 Å². The largest absolute Gasteiger partial charge is 0.327 e. The van der Waals surface area contributed by atoms with Gasteiger partial charge in [0.05, 0.1) is 0 Å². The number of halogens is 2. The lowest BCUT2D eigenvalue weighted by Crippen LogP contribution is -2.08. The number of hydrogen-bond donors (Lipinski definition) is 1. The zero-order valence-electron chi connectivity index (χ0n) is 10.3. The summed E-state index contributed by atoms with van der Waals surface area (Å²) in [6.45, 7) is 0. The van der Waals surface area contributed by atoms with Gasteiger partial charge in [0.1, 0.15) is 5.82 Å². The van der Waals surface area contributed by atoms with Crippen molar-refractivity contribution >= 4 is 12.4 Å². The minimum absolute atomic E-state index is 0. The van der Waals surface area contributed by atoms with Crippen LogP contribution in [-0.2, 0) is 6.42 Å². The molecule has 2 N–H and O–H groups in total. The third kappa shape index (κ3) is 1.87. The van der Waals surface area contributed by atoms with Gasteiger partial charge in [-0.3, -0.25) is 0 Å². The van der Waals surface area contributed by atoms with Crippen molar-refractivity contribution in [1.82, 2.24) is 0 Å². The number of rotatable bonds is 1. The van der Waals surface area contributed by atoms with Gasteiger partial charge in [0.15, 0.2) is 0 Å². The highest BCUT2D eigenvalue weighted by molar-refractivity contribution is 5.85. The van der Waals surface area contributed by atoms with E-state index in [1.165, 1.54) is 28.8 Å². The van der Waals surface area contributed by atoms with Gasteiger partial charge in [-0.15, -0.1) is 12.4 Å². The van der Waals surface area contributed by atoms with E-state index in [9.17, 15) is 4.39 Å². The van der Waals surface area contributed by atoms with Crippen molar-refractivity contribution in [3.8, 4) is 11.1 Å². The van der Waals surface area contributed by atoms with Gasteiger partial charge in [0.2, 0.25) is 0 Å². The average Bonchev–Trinajstić information content (AvgIpc) is 2.86. The van der Waals surface area contributed by atoms with Crippen LogP contribution in [0.1, 0.15) is 17.0 Å². The molecule has 0 saturated heterocycles. The Morgan fingerprint density at radius 1 is 1.00 bits per heavy atom. The van der Waals surface area contributed by atoms with Gasteiger partial charge in [-0.2, -0.15) is 0 Å². The molecule has 2 aliphatic rings. The van der Waals surface area contributed by atoms with Crippen LogP contribution in [0, 0.1) is 11.7 Å². The molecule has 2 aliphatic carbocycles. The summed E-state index contributed by atoms with van der Waals surface area (Å²) >= 11 is 0. The van der Waals surface area contributed by atoms with E-state index in [0.29, 0.717) is 17.9 Å². The quantitative estimate of drug-likeness (QED) is 0.847. The molecule has 1 fully saturated rings. The summed E-state index contributed by atoms with van der Waals surface area (Å²) in [5.41, 5.74) is 11.1. The monoisotopic (exact) mass is 275 g/mol. The lowest BCUT2D eigenvalue weighted by atomic mass is 9.98. The Hall–Kier alpha value is -1.38. The predicted octanol–water partition coefficient (Wildman–Crippen LogP) is 3.51. The molecule has 0 bridgehead atoms. The highest BCUT2D eigenvalue weighted by Gasteiger charge is 2.53. The summed E-state index contributed by atoms with van der Waals surface area (Å²) in [4.78, 5) is 0. The molecule has 0 amide bonds. The lowest BCUT2D eigenvalue weighted by Gasteiger charge is -2.08. The van der Waals surface area contributed by atoms with Gasteiger partial charge in [-0.1, -0.05) is 30.3 Å². The molecule has 0 radical (unpaired) electrons. The fraction of sp³-hybridized carbons (Fsp3) is 0.250. The fourth-order valence-corrected chi connectivity index (χ4v) is 3.29. The van der Waals surface area contributed by atoms with Crippen molar-refractivity contribution in [2.75, 3.05) is 0 Å². The van der Waals surface area contributed by atoms with Crippen molar-refractivity contribution in [3.63, 3.8) is 0 Å². The molecule has 0 unspecified atom stereocenters. The van der Waals surface area contributed by atoms with Crippen LogP contribution in [0.3, 0.4) is 0 Å². The molecule has 0 aliphatic heterocycles. The Balaban J connectivity index is 0.00000110. The van der Waals surface area contributed by atoms with Crippen molar-refractivity contribution in [2.24, 2.45) is 11.7 Å². The van der Waals surface area contributed by atoms with Crippen molar-refractivity contribution in [2.45, 2.75) is 18.4 Å². The number of nitrogens with two attached hydrogens (primary N) is 1. The molecule has 3 heteroatoms. The van der Waals surface area contributed by atoms with E-state index >= 15 is 0 Å². The summed E-state index contributed by atoms with van der Waals surface area (Å²) in [5.74, 6) is 1.08. The maximum atomic E-state index is 12.9. The zero-order chi connectivity index (χ0) is 12.3. The molecule has 0 spiro atoms. The SMILES string of the molecule is Cl.N[C@@H]1[C@H]2Cc3cc(-c4ccc(F)cc4)ccc3[C@@H]12. The first-order valence-electron chi connectivity index (χ1n) is 6.38. The van der Waals surface area contributed by atoms with E-state index < -0.39 is 0 Å². The first-order chi connectivity index (χ1) is 8.74. The van der Waals surface area contributed by atoms with Gasteiger partial charge in [0, 0.05) is 12.0 Å². The van der Waals surface area contributed by atoms with E-state index in [4.69, 9.17) is 5.73 Å². The Bertz CT molecular complexity index is 623. The molecule has 4 rings (SSSR count). The Labute approximate surface area is 118 Å². The third-order valence-electron chi connectivity index (χ3n) is 4.36. The molecule has 3 atom stereocenters. The first-order valence-corrected chi connectivity index (χ1v) is 6.38. The van der Waals surface area contributed by atoms with Gasteiger partial charge >= 0.3 is 0 Å². The third-order valence-corrected chi connectivity index (χ3v) is 4.36. The Morgan fingerprint density at radius 3 is 2.42 bits per heavy atom. The van der Waals surface area contributed by atoms with Crippen LogP contribution >= 0.6 is 12.4 Å². The van der Waals surface area contributed by atoms with Crippen LogP contribution in [0.4, 0.5) is 4.39 Å².